The van der Waals surface area contributed by atoms with Crippen LogP contribution in [0.5, 0.6) is 0 Å². The first-order valence-electron chi connectivity index (χ1n) is 13.2. The molecular formula is C32H32FN3O2. The van der Waals surface area contributed by atoms with Gasteiger partial charge >= 0.3 is 0 Å². The Hall–Kier alpha value is -4.06. The molecular weight excluding hydrogens is 477 g/mol. The number of aryl methyl sites for hydroxylation is 1. The zero-order valence-corrected chi connectivity index (χ0v) is 21.9. The summed E-state index contributed by atoms with van der Waals surface area (Å²) in [5, 5.41) is 5.29. The van der Waals surface area contributed by atoms with E-state index in [1.54, 1.807) is 29.3 Å². The fourth-order valence-corrected chi connectivity index (χ4v) is 5.24. The van der Waals surface area contributed by atoms with Crippen LogP contribution in [0, 0.1) is 11.7 Å². The maximum atomic E-state index is 15.5. The van der Waals surface area contributed by atoms with E-state index in [0.717, 1.165) is 59.7 Å². The number of hydrogen-bond acceptors (Lipinski definition) is 3. The summed E-state index contributed by atoms with van der Waals surface area (Å²) in [6.45, 7) is 1.64. The highest BCUT2D eigenvalue weighted by Gasteiger charge is 2.28. The molecule has 4 aromatic rings. The second-order valence-corrected chi connectivity index (χ2v) is 10.1. The summed E-state index contributed by atoms with van der Waals surface area (Å²) in [6, 6.07) is 18.7. The second kappa shape index (κ2) is 11.1. The lowest BCUT2D eigenvalue weighted by molar-refractivity contribution is -0.123. The van der Waals surface area contributed by atoms with E-state index in [2.05, 4.69) is 5.10 Å². The highest BCUT2D eigenvalue weighted by molar-refractivity contribution is 5.96. The van der Waals surface area contributed by atoms with Gasteiger partial charge in [0.25, 0.3) is 0 Å². The van der Waals surface area contributed by atoms with E-state index in [9.17, 15) is 9.59 Å². The van der Waals surface area contributed by atoms with Crippen LogP contribution < -0.4 is 4.90 Å². The maximum Gasteiger partial charge on any atom is 0.230 e. The summed E-state index contributed by atoms with van der Waals surface area (Å²) in [7, 11) is 1.89. The number of amides is 1. The lowest BCUT2D eigenvalue weighted by Crippen LogP contribution is -2.37. The molecule has 0 bridgehead atoms. The fourth-order valence-electron chi connectivity index (χ4n) is 5.24. The quantitative estimate of drug-likeness (QED) is 0.250. The first-order valence-corrected chi connectivity index (χ1v) is 13.2. The van der Waals surface area contributed by atoms with Crippen molar-refractivity contribution in [3.05, 3.63) is 89.9 Å². The molecule has 1 aromatic heterocycles. The molecule has 1 aliphatic rings. The number of rotatable bonds is 7. The molecule has 6 heteroatoms. The van der Waals surface area contributed by atoms with Crippen molar-refractivity contribution in [2.45, 2.75) is 45.6 Å². The van der Waals surface area contributed by atoms with E-state index < -0.39 is 0 Å². The molecule has 0 saturated heterocycles. The second-order valence-electron chi connectivity index (χ2n) is 10.1. The van der Waals surface area contributed by atoms with Crippen molar-refractivity contribution in [1.82, 2.24) is 9.78 Å². The first-order chi connectivity index (χ1) is 18.4. The van der Waals surface area contributed by atoms with Crippen molar-refractivity contribution < 1.29 is 14.0 Å². The Morgan fingerprint density at radius 3 is 2.55 bits per heavy atom. The molecule has 1 aliphatic carbocycles. The molecule has 38 heavy (non-hydrogen) atoms. The van der Waals surface area contributed by atoms with Crippen molar-refractivity contribution in [2.75, 3.05) is 4.90 Å². The van der Waals surface area contributed by atoms with Crippen molar-refractivity contribution >= 4 is 34.4 Å². The average molecular weight is 510 g/mol. The molecule has 0 N–H and O–H groups in total. The molecule has 0 aliphatic heterocycles. The lowest BCUT2D eigenvalue weighted by Gasteiger charge is -2.30. The normalized spacial score (nSPS) is 14.3. The number of carbonyl (C=O) groups excluding carboxylic acids is 2. The maximum absolute atomic E-state index is 15.5. The zero-order chi connectivity index (χ0) is 26.6. The minimum absolute atomic E-state index is 0.0305. The van der Waals surface area contributed by atoms with Gasteiger partial charge in [0.1, 0.15) is 5.82 Å². The Kier molecular flexibility index (Phi) is 7.50. The predicted octanol–water partition coefficient (Wildman–Crippen LogP) is 7.10. The van der Waals surface area contributed by atoms with Crippen LogP contribution in [-0.2, 0) is 23.2 Å². The third-order valence-corrected chi connectivity index (χ3v) is 7.37. The number of carbonyl (C=O) groups is 2. The molecule has 1 heterocycles. The van der Waals surface area contributed by atoms with Gasteiger partial charge in [0.2, 0.25) is 5.91 Å². The summed E-state index contributed by atoms with van der Waals surface area (Å²) < 4.78 is 17.3. The van der Waals surface area contributed by atoms with Crippen LogP contribution in [0.2, 0.25) is 0 Å². The van der Waals surface area contributed by atoms with Crippen LogP contribution in [0.4, 0.5) is 10.1 Å². The molecule has 3 aromatic carbocycles. The largest absolute Gasteiger partial charge is 0.308 e. The van der Waals surface area contributed by atoms with E-state index in [1.807, 2.05) is 60.3 Å². The SMILES string of the molecule is CC(=O)/C=C/c1cccc(N(Cc2ccc(-c3ccc4c(cnn4C)c3)cc2F)C(=O)C2CCCCC2)c1. The van der Waals surface area contributed by atoms with Gasteiger partial charge in [-0.2, -0.15) is 5.10 Å². The van der Waals surface area contributed by atoms with Crippen molar-refractivity contribution in [2.24, 2.45) is 13.0 Å². The number of ketones is 1. The summed E-state index contributed by atoms with van der Waals surface area (Å²) in [5.74, 6) is -0.421. The number of fused-ring (bicyclic) bond motifs is 1. The smallest absolute Gasteiger partial charge is 0.230 e. The summed E-state index contributed by atoms with van der Waals surface area (Å²) in [5.41, 5.74) is 4.69. The minimum atomic E-state index is -0.345. The van der Waals surface area contributed by atoms with E-state index in [1.165, 1.54) is 13.0 Å². The topological polar surface area (TPSA) is 55.2 Å². The number of halogens is 1. The highest BCUT2D eigenvalue weighted by Crippen LogP contribution is 2.31. The van der Waals surface area contributed by atoms with Gasteiger partial charge in [-0.15, -0.1) is 0 Å². The third-order valence-electron chi connectivity index (χ3n) is 7.37. The number of allylic oxidation sites excluding steroid dienone is 1. The van der Waals surface area contributed by atoms with Gasteiger partial charge in [-0.1, -0.05) is 55.7 Å². The summed E-state index contributed by atoms with van der Waals surface area (Å²) >= 11 is 0. The third kappa shape index (κ3) is 5.59. The average Bonchev–Trinajstić information content (AvgIpc) is 3.31. The minimum Gasteiger partial charge on any atom is -0.308 e. The van der Waals surface area contributed by atoms with Crippen LogP contribution in [0.15, 0.2) is 72.9 Å². The van der Waals surface area contributed by atoms with Gasteiger partial charge < -0.3 is 4.90 Å². The summed E-state index contributed by atoms with van der Waals surface area (Å²) in [4.78, 5) is 26.9. The monoisotopic (exact) mass is 509 g/mol. The molecule has 0 spiro atoms. The Labute approximate surface area is 222 Å². The molecule has 5 nitrogen and oxygen atoms in total. The molecule has 1 fully saturated rings. The molecule has 5 rings (SSSR count). The van der Waals surface area contributed by atoms with Crippen molar-refractivity contribution in [1.29, 1.82) is 0 Å². The Balaban J connectivity index is 1.46. The van der Waals surface area contributed by atoms with E-state index >= 15 is 4.39 Å². The zero-order valence-electron chi connectivity index (χ0n) is 21.9. The van der Waals surface area contributed by atoms with E-state index in [-0.39, 0.29) is 30.0 Å². The lowest BCUT2D eigenvalue weighted by atomic mass is 9.88. The fraction of sp³-hybridized carbons (Fsp3) is 0.281. The number of benzene rings is 3. The number of aromatic nitrogens is 2. The molecule has 0 radical (unpaired) electrons. The van der Waals surface area contributed by atoms with Crippen LogP contribution in [-0.4, -0.2) is 21.5 Å². The van der Waals surface area contributed by atoms with Crippen molar-refractivity contribution in [3.8, 4) is 11.1 Å². The summed E-state index contributed by atoms with van der Waals surface area (Å²) in [6.07, 6.45) is 9.99. The highest BCUT2D eigenvalue weighted by atomic mass is 19.1. The van der Waals surface area contributed by atoms with Gasteiger partial charge in [-0.25, -0.2) is 4.39 Å². The number of hydrogen-bond donors (Lipinski definition) is 0. The van der Waals surface area contributed by atoms with Crippen LogP contribution >= 0.6 is 0 Å². The Morgan fingerprint density at radius 1 is 1.03 bits per heavy atom. The van der Waals surface area contributed by atoms with Crippen LogP contribution in [0.25, 0.3) is 28.1 Å². The van der Waals surface area contributed by atoms with E-state index in [0.29, 0.717) is 11.3 Å². The van der Waals surface area contributed by atoms with Crippen LogP contribution in [0.3, 0.4) is 0 Å². The molecule has 1 saturated carbocycles. The predicted molar refractivity (Wildman–Crippen MR) is 150 cm³/mol. The molecule has 0 atom stereocenters. The van der Waals surface area contributed by atoms with E-state index in [4.69, 9.17) is 0 Å². The van der Waals surface area contributed by atoms with Crippen LogP contribution in [0.1, 0.15) is 50.2 Å². The number of anilines is 1. The van der Waals surface area contributed by atoms with Gasteiger partial charge in [-0.3, -0.25) is 14.3 Å². The van der Waals surface area contributed by atoms with Gasteiger partial charge in [0.15, 0.2) is 5.78 Å². The van der Waals surface area contributed by atoms with Gasteiger partial charge in [-0.05, 0) is 72.9 Å². The van der Waals surface area contributed by atoms with Gasteiger partial charge in [0, 0.05) is 29.6 Å². The molecule has 194 valence electrons. The van der Waals surface area contributed by atoms with Crippen molar-refractivity contribution in [3.63, 3.8) is 0 Å². The number of nitrogens with zero attached hydrogens (tertiary/aromatic N) is 3. The Morgan fingerprint density at radius 2 is 1.79 bits per heavy atom. The standard InChI is InChI=1S/C32H32FN3O2/c1-22(37)11-12-23-7-6-10-29(17-23)36(32(38)24-8-4-3-5-9-24)21-27-14-13-26(19-30(27)33)25-15-16-31-28(18-25)20-34-35(31)2/h6-7,10-20,24H,3-5,8-9,21H2,1-2H3/b12-11+. The first kappa shape index (κ1) is 25.6. The van der Waals surface area contributed by atoms with Gasteiger partial charge in [0.05, 0.1) is 18.3 Å². The molecule has 0 unspecified atom stereocenters. The molecule has 1 amide bonds. The Bertz CT molecular complexity index is 1510.